The van der Waals surface area contributed by atoms with Crippen LogP contribution in [-0.2, 0) is 6.54 Å². The molecule has 0 radical (unpaired) electrons. The number of amides is 1. The average Bonchev–Trinajstić information content (AvgIpc) is 2.45. The van der Waals surface area contributed by atoms with Crippen molar-refractivity contribution in [3.8, 4) is 5.75 Å². The van der Waals surface area contributed by atoms with E-state index in [4.69, 9.17) is 4.74 Å². The zero-order valence-corrected chi connectivity index (χ0v) is 13.0. The molecule has 1 amide bonds. The zero-order chi connectivity index (χ0) is 14.5. The number of benzene rings is 2. The molecule has 0 aliphatic heterocycles. The van der Waals surface area contributed by atoms with Crippen molar-refractivity contribution < 1.29 is 9.53 Å². The first-order valence-corrected chi connectivity index (χ1v) is 7.06. The lowest BCUT2D eigenvalue weighted by Crippen LogP contribution is -2.23. The Balaban J connectivity index is 2.00. The van der Waals surface area contributed by atoms with Gasteiger partial charge in [0.05, 0.1) is 7.11 Å². The van der Waals surface area contributed by atoms with E-state index in [-0.39, 0.29) is 5.91 Å². The maximum absolute atomic E-state index is 12.1. The smallest absolute Gasteiger partial charge is 0.251 e. The van der Waals surface area contributed by atoms with Crippen LogP contribution in [0.25, 0.3) is 0 Å². The lowest BCUT2D eigenvalue weighted by atomic mass is 10.1. The summed E-state index contributed by atoms with van der Waals surface area (Å²) in [6.07, 6.45) is 0. The highest BCUT2D eigenvalue weighted by Gasteiger charge is 2.08. The van der Waals surface area contributed by atoms with Gasteiger partial charge in [-0.05, 0) is 48.4 Å². The number of carbonyl (C=O) groups excluding carboxylic acids is 1. The predicted molar refractivity (Wildman–Crippen MR) is 83.0 cm³/mol. The Labute approximate surface area is 127 Å². The SMILES string of the molecule is COc1ccc(CNC(=O)c2ccc(Br)cc2C)cc1. The Morgan fingerprint density at radius 3 is 2.50 bits per heavy atom. The summed E-state index contributed by atoms with van der Waals surface area (Å²) < 4.78 is 6.07. The van der Waals surface area contributed by atoms with Crippen LogP contribution >= 0.6 is 15.9 Å². The second kappa shape index (κ2) is 6.57. The lowest BCUT2D eigenvalue weighted by molar-refractivity contribution is 0.0950. The number of hydrogen-bond donors (Lipinski definition) is 1. The highest BCUT2D eigenvalue weighted by atomic mass is 79.9. The molecule has 0 saturated heterocycles. The van der Waals surface area contributed by atoms with E-state index >= 15 is 0 Å². The number of nitrogens with one attached hydrogen (secondary N) is 1. The molecule has 1 N–H and O–H groups in total. The van der Waals surface area contributed by atoms with Crippen molar-refractivity contribution in [1.29, 1.82) is 0 Å². The van der Waals surface area contributed by atoms with Gasteiger partial charge in [0.25, 0.3) is 5.91 Å². The van der Waals surface area contributed by atoms with Crippen molar-refractivity contribution in [2.45, 2.75) is 13.5 Å². The minimum Gasteiger partial charge on any atom is -0.497 e. The average molecular weight is 334 g/mol. The first-order valence-electron chi connectivity index (χ1n) is 6.27. The molecular weight excluding hydrogens is 318 g/mol. The summed E-state index contributed by atoms with van der Waals surface area (Å²) in [5.41, 5.74) is 2.68. The molecule has 2 rings (SSSR count). The van der Waals surface area contributed by atoms with Crippen LogP contribution in [0.3, 0.4) is 0 Å². The standard InChI is InChI=1S/C16H16BrNO2/c1-11-9-13(17)5-8-15(11)16(19)18-10-12-3-6-14(20-2)7-4-12/h3-9H,10H2,1-2H3,(H,18,19). The van der Waals surface area contributed by atoms with Crippen LogP contribution in [0.1, 0.15) is 21.5 Å². The number of rotatable bonds is 4. The summed E-state index contributed by atoms with van der Waals surface area (Å²) in [4.78, 5) is 12.1. The highest BCUT2D eigenvalue weighted by Crippen LogP contribution is 2.16. The number of ether oxygens (including phenoxy) is 1. The first kappa shape index (κ1) is 14.6. The number of halogens is 1. The van der Waals surface area contributed by atoms with E-state index in [0.717, 1.165) is 21.3 Å². The van der Waals surface area contributed by atoms with E-state index in [1.165, 1.54) is 0 Å². The Hall–Kier alpha value is -1.81. The minimum absolute atomic E-state index is 0.0641. The third-order valence-electron chi connectivity index (χ3n) is 3.05. The van der Waals surface area contributed by atoms with Gasteiger partial charge in [0.2, 0.25) is 0 Å². The second-order valence-corrected chi connectivity index (χ2v) is 5.41. The molecule has 20 heavy (non-hydrogen) atoms. The fourth-order valence-corrected chi connectivity index (χ4v) is 2.38. The molecule has 0 heterocycles. The quantitative estimate of drug-likeness (QED) is 0.926. The number of hydrogen-bond acceptors (Lipinski definition) is 2. The van der Waals surface area contributed by atoms with Crippen molar-refractivity contribution in [2.75, 3.05) is 7.11 Å². The van der Waals surface area contributed by atoms with E-state index in [9.17, 15) is 4.79 Å². The highest BCUT2D eigenvalue weighted by molar-refractivity contribution is 9.10. The summed E-state index contributed by atoms with van der Waals surface area (Å²) in [6, 6.07) is 13.3. The van der Waals surface area contributed by atoms with Gasteiger partial charge in [-0.15, -0.1) is 0 Å². The van der Waals surface area contributed by atoms with Crippen LogP contribution in [0.2, 0.25) is 0 Å². The van der Waals surface area contributed by atoms with Gasteiger partial charge in [0, 0.05) is 16.6 Å². The van der Waals surface area contributed by atoms with Gasteiger partial charge in [-0.25, -0.2) is 0 Å². The molecular formula is C16H16BrNO2. The molecule has 3 nitrogen and oxygen atoms in total. The molecule has 104 valence electrons. The van der Waals surface area contributed by atoms with Crippen LogP contribution in [-0.4, -0.2) is 13.0 Å². The molecule has 0 atom stereocenters. The van der Waals surface area contributed by atoms with Crippen molar-refractivity contribution in [1.82, 2.24) is 5.32 Å². The number of methoxy groups -OCH3 is 1. The summed E-state index contributed by atoms with van der Waals surface area (Å²) in [6.45, 7) is 2.42. The molecule has 0 unspecified atom stereocenters. The molecule has 2 aromatic carbocycles. The fraction of sp³-hybridized carbons (Fsp3) is 0.188. The topological polar surface area (TPSA) is 38.3 Å². The molecule has 0 bridgehead atoms. The summed E-state index contributed by atoms with van der Waals surface area (Å²) in [5, 5.41) is 2.92. The molecule has 0 fully saturated rings. The lowest BCUT2D eigenvalue weighted by Gasteiger charge is -2.08. The number of aryl methyl sites for hydroxylation is 1. The van der Waals surface area contributed by atoms with E-state index in [1.54, 1.807) is 7.11 Å². The normalized spacial score (nSPS) is 10.2. The van der Waals surface area contributed by atoms with E-state index < -0.39 is 0 Å². The van der Waals surface area contributed by atoms with E-state index in [0.29, 0.717) is 12.1 Å². The minimum atomic E-state index is -0.0641. The van der Waals surface area contributed by atoms with Gasteiger partial charge < -0.3 is 10.1 Å². The van der Waals surface area contributed by atoms with Crippen molar-refractivity contribution in [2.24, 2.45) is 0 Å². The third-order valence-corrected chi connectivity index (χ3v) is 3.54. The monoisotopic (exact) mass is 333 g/mol. The molecule has 2 aromatic rings. The summed E-state index contributed by atoms with van der Waals surface area (Å²) in [5.74, 6) is 0.745. The van der Waals surface area contributed by atoms with Crippen molar-refractivity contribution in [3.63, 3.8) is 0 Å². The second-order valence-electron chi connectivity index (χ2n) is 4.49. The summed E-state index contributed by atoms with van der Waals surface area (Å²) >= 11 is 3.39. The Bertz CT molecular complexity index is 608. The van der Waals surface area contributed by atoms with Gasteiger partial charge in [-0.3, -0.25) is 4.79 Å². The van der Waals surface area contributed by atoms with Crippen LogP contribution in [0, 0.1) is 6.92 Å². The largest absolute Gasteiger partial charge is 0.497 e. The maximum atomic E-state index is 12.1. The zero-order valence-electron chi connectivity index (χ0n) is 11.4. The fourth-order valence-electron chi connectivity index (χ4n) is 1.90. The third kappa shape index (κ3) is 3.61. The maximum Gasteiger partial charge on any atom is 0.251 e. The Kier molecular flexibility index (Phi) is 4.79. The predicted octanol–water partition coefficient (Wildman–Crippen LogP) is 3.70. The van der Waals surface area contributed by atoms with Crippen molar-refractivity contribution in [3.05, 3.63) is 63.6 Å². The molecule has 0 aliphatic rings. The van der Waals surface area contributed by atoms with Gasteiger partial charge in [0.1, 0.15) is 5.75 Å². The van der Waals surface area contributed by atoms with Gasteiger partial charge in [0.15, 0.2) is 0 Å². The van der Waals surface area contributed by atoms with Crippen LogP contribution in [0.5, 0.6) is 5.75 Å². The van der Waals surface area contributed by atoms with Crippen LogP contribution in [0.4, 0.5) is 0 Å². The van der Waals surface area contributed by atoms with Crippen LogP contribution < -0.4 is 10.1 Å². The van der Waals surface area contributed by atoms with Crippen LogP contribution in [0.15, 0.2) is 46.9 Å². The van der Waals surface area contributed by atoms with E-state index in [1.807, 2.05) is 49.4 Å². The molecule has 4 heteroatoms. The van der Waals surface area contributed by atoms with Gasteiger partial charge >= 0.3 is 0 Å². The van der Waals surface area contributed by atoms with Gasteiger partial charge in [-0.2, -0.15) is 0 Å². The molecule has 0 aliphatic carbocycles. The molecule has 0 aromatic heterocycles. The number of carbonyl (C=O) groups is 1. The van der Waals surface area contributed by atoms with Crippen molar-refractivity contribution >= 4 is 21.8 Å². The van der Waals surface area contributed by atoms with Gasteiger partial charge in [-0.1, -0.05) is 28.1 Å². The first-order chi connectivity index (χ1) is 9.60. The Morgan fingerprint density at radius 1 is 1.20 bits per heavy atom. The molecule has 0 saturated carbocycles. The van der Waals surface area contributed by atoms with E-state index in [2.05, 4.69) is 21.2 Å². The Morgan fingerprint density at radius 2 is 1.90 bits per heavy atom. The summed E-state index contributed by atoms with van der Waals surface area (Å²) in [7, 11) is 1.63. The molecule has 0 spiro atoms.